The Morgan fingerprint density at radius 2 is 2.05 bits per heavy atom. The fourth-order valence-electron chi connectivity index (χ4n) is 1.58. The summed E-state index contributed by atoms with van der Waals surface area (Å²) in [5.41, 5.74) is -1.16. The number of carbonyl (C=O) groups is 1. The number of nitrogens with one attached hydrogen (secondary N) is 1. The van der Waals surface area contributed by atoms with Gasteiger partial charge in [-0.15, -0.1) is 0 Å². The van der Waals surface area contributed by atoms with Crippen molar-refractivity contribution in [1.82, 2.24) is 0 Å². The zero-order valence-corrected chi connectivity index (χ0v) is 12.6. The standard InChI is InChI=1S/C14H9F3INO2/c15-14(16,17)11-8-9(18)3-5-12(11)19-13(20)6-4-10-2-1-7-21-10/h1-8H,(H,19,20). The molecule has 0 radical (unpaired) electrons. The monoisotopic (exact) mass is 407 g/mol. The molecule has 3 nitrogen and oxygen atoms in total. The largest absolute Gasteiger partial charge is 0.465 e. The summed E-state index contributed by atoms with van der Waals surface area (Å²) in [6.07, 6.45) is -0.626. The maximum Gasteiger partial charge on any atom is 0.418 e. The molecule has 0 unspecified atom stereocenters. The molecule has 0 spiro atoms. The van der Waals surface area contributed by atoms with Crippen LogP contribution in [0.25, 0.3) is 6.08 Å². The Balaban J connectivity index is 2.18. The minimum Gasteiger partial charge on any atom is -0.465 e. The lowest BCUT2D eigenvalue weighted by Gasteiger charge is -2.13. The molecule has 0 bridgehead atoms. The van der Waals surface area contributed by atoms with Gasteiger partial charge in [0.15, 0.2) is 0 Å². The second-order valence-electron chi connectivity index (χ2n) is 4.03. The van der Waals surface area contributed by atoms with Gasteiger partial charge in [0.05, 0.1) is 17.5 Å². The third-order valence-corrected chi connectivity index (χ3v) is 3.16. The quantitative estimate of drug-likeness (QED) is 0.599. The molecule has 0 saturated heterocycles. The lowest BCUT2D eigenvalue weighted by Crippen LogP contribution is -2.14. The highest BCUT2D eigenvalue weighted by molar-refractivity contribution is 14.1. The third kappa shape index (κ3) is 4.35. The Kier molecular flexibility index (Phi) is 4.71. The smallest absolute Gasteiger partial charge is 0.418 e. The number of hydrogen-bond acceptors (Lipinski definition) is 2. The van der Waals surface area contributed by atoms with Crippen molar-refractivity contribution in [2.45, 2.75) is 6.18 Å². The van der Waals surface area contributed by atoms with Gasteiger partial charge in [-0.1, -0.05) is 0 Å². The topological polar surface area (TPSA) is 42.2 Å². The van der Waals surface area contributed by atoms with Crippen LogP contribution in [0.3, 0.4) is 0 Å². The first-order valence-electron chi connectivity index (χ1n) is 5.75. The number of anilines is 1. The van der Waals surface area contributed by atoms with Crippen LogP contribution in [0.5, 0.6) is 0 Å². The van der Waals surface area contributed by atoms with Crippen molar-refractivity contribution in [3.05, 3.63) is 57.6 Å². The number of benzene rings is 1. The maximum atomic E-state index is 12.9. The molecule has 0 fully saturated rings. The second kappa shape index (κ2) is 6.33. The summed E-state index contributed by atoms with van der Waals surface area (Å²) >= 11 is 1.78. The molecule has 0 aliphatic rings. The van der Waals surface area contributed by atoms with Crippen molar-refractivity contribution in [2.75, 3.05) is 5.32 Å². The van der Waals surface area contributed by atoms with Gasteiger partial charge in [-0.3, -0.25) is 4.79 Å². The van der Waals surface area contributed by atoms with Gasteiger partial charge in [-0.2, -0.15) is 13.2 Å². The van der Waals surface area contributed by atoms with Gasteiger partial charge in [-0.25, -0.2) is 0 Å². The first kappa shape index (κ1) is 15.6. The van der Waals surface area contributed by atoms with Gasteiger partial charge in [0.2, 0.25) is 5.91 Å². The van der Waals surface area contributed by atoms with E-state index in [1.807, 2.05) is 0 Å². The third-order valence-electron chi connectivity index (χ3n) is 2.49. The molecule has 110 valence electrons. The summed E-state index contributed by atoms with van der Waals surface area (Å²) in [6, 6.07) is 6.95. The number of amides is 1. The molecule has 2 aromatic rings. The normalized spacial score (nSPS) is 11.8. The molecule has 1 heterocycles. The van der Waals surface area contributed by atoms with E-state index in [1.165, 1.54) is 24.5 Å². The van der Waals surface area contributed by atoms with E-state index in [1.54, 1.807) is 34.7 Å². The van der Waals surface area contributed by atoms with Crippen molar-refractivity contribution in [1.29, 1.82) is 0 Å². The highest BCUT2D eigenvalue weighted by atomic mass is 127. The summed E-state index contributed by atoms with van der Waals surface area (Å²) < 4.78 is 44.1. The molecule has 1 amide bonds. The van der Waals surface area contributed by atoms with E-state index >= 15 is 0 Å². The summed E-state index contributed by atoms with van der Waals surface area (Å²) in [5.74, 6) is -0.234. The number of furan rings is 1. The van der Waals surface area contributed by atoms with Crippen LogP contribution in [0.2, 0.25) is 0 Å². The predicted molar refractivity (Wildman–Crippen MR) is 80.5 cm³/mol. The van der Waals surface area contributed by atoms with E-state index in [2.05, 4.69) is 5.32 Å². The molecule has 0 aliphatic carbocycles. The number of halogens is 4. The molecular weight excluding hydrogens is 398 g/mol. The first-order chi connectivity index (χ1) is 9.86. The van der Waals surface area contributed by atoms with E-state index in [0.717, 1.165) is 12.1 Å². The van der Waals surface area contributed by atoms with Gasteiger partial charge in [0.1, 0.15) is 5.76 Å². The van der Waals surface area contributed by atoms with Crippen LogP contribution >= 0.6 is 22.6 Å². The molecular formula is C14H9F3INO2. The fourth-order valence-corrected chi connectivity index (χ4v) is 2.07. The number of alkyl halides is 3. The molecule has 0 saturated carbocycles. The highest BCUT2D eigenvalue weighted by Crippen LogP contribution is 2.35. The lowest BCUT2D eigenvalue weighted by molar-refractivity contribution is -0.137. The van der Waals surface area contributed by atoms with E-state index in [4.69, 9.17) is 4.42 Å². The Morgan fingerprint density at radius 1 is 1.29 bits per heavy atom. The van der Waals surface area contributed by atoms with Crippen LogP contribution in [-0.2, 0) is 11.0 Å². The predicted octanol–water partition coefficient (Wildman–Crippen LogP) is 4.55. The van der Waals surface area contributed by atoms with Crippen LogP contribution in [0.4, 0.5) is 18.9 Å². The lowest BCUT2D eigenvalue weighted by atomic mass is 10.1. The summed E-state index contributed by atoms with van der Waals surface area (Å²) in [6.45, 7) is 0. The molecule has 21 heavy (non-hydrogen) atoms. The van der Waals surface area contributed by atoms with Crippen molar-refractivity contribution in [2.24, 2.45) is 0 Å². The molecule has 2 rings (SSSR count). The minimum absolute atomic E-state index is 0.281. The molecule has 0 atom stereocenters. The number of rotatable bonds is 3. The number of carbonyl (C=O) groups excluding carboxylic acids is 1. The van der Waals surface area contributed by atoms with Gasteiger partial charge < -0.3 is 9.73 Å². The molecule has 7 heteroatoms. The molecule has 1 N–H and O–H groups in total. The van der Waals surface area contributed by atoms with Crippen LogP contribution in [-0.4, -0.2) is 5.91 Å². The average molecular weight is 407 g/mol. The Hall–Kier alpha value is -1.77. The van der Waals surface area contributed by atoms with Crippen molar-refractivity contribution >= 4 is 40.3 Å². The molecule has 1 aromatic heterocycles. The highest BCUT2D eigenvalue weighted by Gasteiger charge is 2.34. The van der Waals surface area contributed by atoms with Crippen LogP contribution in [0, 0.1) is 3.57 Å². The Bertz CT molecular complexity index is 663. The molecule has 1 aromatic carbocycles. The van der Waals surface area contributed by atoms with Crippen molar-refractivity contribution in [3.8, 4) is 0 Å². The van der Waals surface area contributed by atoms with Crippen molar-refractivity contribution < 1.29 is 22.4 Å². The van der Waals surface area contributed by atoms with Crippen molar-refractivity contribution in [3.63, 3.8) is 0 Å². The summed E-state index contributed by atoms with van der Waals surface area (Å²) in [7, 11) is 0. The Labute approximate surface area is 132 Å². The SMILES string of the molecule is O=C(C=Cc1ccco1)Nc1ccc(I)cc1C(F)(F)F. The van der Waals surface area contributed by atoms with Crippen LogP contribution in [0.15, 0.2) is 47.1 Å². The summed E-state index contributed by atoms with van der Waals surface area (Å²) in [5, 5.41) is 2.22. The molecule has 0 aliphatic heterocycles. The van der Waals surface area contributed by atoms with Gasteiger partial charge in [-0.05, 0) is 59.0 Å². The van der Waals surface area contributed by atoms with Gasteiger partial charge >= 0.3 is 6.18 Å². The van der Waals surface area contributed by atoms with E-state index in [-0.39, 0.29) is 5.69 Å². The maximum absolute atomic E-state index is 12.9. The zero-order valence-electron chi connectivity index (χ0n) is 10.4. The average Bonchev–Trinajstić information content (AvgIpc) is 2.90. The second-order valence-corrected chi connectivity index (χ2v) is 5.27. The van der Waals surface area contributed by atoms with E-state index in [0.29, 0.717) is 9.33 Å². The van der Waals surface area contributed by atoms with E-state index < -0.39 is 17.6 Å². The Morgan fingerprint density at radius 3 is 2.67 bits per heavy atom. The number of hydrogen-bond donors (Lipinski definition) is 1. The first-order valence-corrected chi connectivity index (χ1v) is 6.83. The van der Waals surface area contributed by atoms with Gasteiger partial charge in [0.25, 0.3) is 0 Å². The zero-order chi connectivity index (χ0) is 15.5. The van der Waals surface area contributed by atoms with Crippen LogP contribution < -0.4 is 5.32 Å². The van der Waals surface area contributed by atoms with Crippen LogP contribution in [0.1, 0.15) is 11.3 Å². The fraction of sp³-hybridized carbons (Fsp3) is 0.0714. The summed E-state index contributed by atoms with van der Waals surface area (Å²) in [4.78, 5) is 11.7. The van der Waals surface area contributed by atoms with Gasteiger partial charge in [0, 0.05) is 9.65 Å². The minimum atomic E-state index is -4.53. The van der Waals surface area contributed by atoms with E-state index in [9.17, 15) is 18.0 Å².